The molecule has 1 aromatic carbocycles. The van der Waals surface area contributed by atoms with Gasteiger partial charge in [0.25, 0.3) is 5.56 Å². The zero-order valence-corrected chi connectivity index (χ0v) is 15.4. The minimum absolute atomic E-state index is 0.0640. The third kappa shape index (κ3) is 3.30. The highest BCUT2D eigenvalue weighted by Gasteiger charge is 2.13. The van der Waals surface area contributed by atoms with Gasteiger partial charge in [-0.2, -0.15) is 0 Å². The second kappa shape index (κ2) is 6.40. The summed E-state index contributed by atoms with van der Waals surface area (Å²) in [5.41, 5.74) is 1.22. The molecule has 3 rings (SSSR count). The summed E-state index contributed by atoms with van der Waals surface area (Å²) in [6, 6.07) is 7.12. The van der Waals surface area contributed by atoms with Crippen molar-refractivity contribution in [2.24, 2.45) is 0 Å². The molecule has 0 fully saturated rings. The van der Waals surface area contributed by atoms with Crippen molar-refractivity contribution in [1.82, 2.24) is 9.97 Å². The fourth-order valence-corrected chi connectivity index (χ4v) is 3.79. The van der Waals surface area contributed by atoms with Crippen molar-refractivity contribution >= 4 is 50.1 Å². The maximum absolute atomic E-state index is 12.2. The molecule has 0 aliphatic carbocycles. The van der Waals surface area contributed by atoms with Crippen molar-refractivity contribution in [3.8, 4) is 0 Å². The van der Waals surface area contributed by atoms with Crippen LogP contribution < -0.4 is 5.56 Å². The molecule has 23 heavy (non-hydrogen) atoms. The second-order valence-electron chi connectivity index (χ2n) is 5.06. The Bertz CT molecular complexity index is 962. The smallest absolute Gasteiger partial charge is 0.338 e. The Kier molecular flexibility index (Phi) is 4.49. The zero-order valence-electron chi connectivity index (χ0n) is 12.5. The summed E-state index contributed by atoms with van der Waals surface area (Å²) in [7, 11) is 0. The van der Waals surface area contributed by atoms with Crippen LogP contribution in [0.15, 0.2) is 29.1 Å². The highest BCUT2D eigenvalue weighted by Crippen LogP contribution is 2.25. The van der Waals surface area contributed by atoms with Crippen molar-refractivity contribution in [3.05, 3.63) is 60.0 Å². The molecule has 0 spiro atoms. The summed E-state index contributed by atoms with van der Waals surface area (Å²) in [5.74, 6) is -0.0902. The van der Waals surface area contributed by atoms with E-state index in [1.165, 1.54) is 11.3 Å². The fraction of sp³-hybridized carbons (Fsp3) is 0.188. The van der Waals surface area contributed by atoms with E-state index in [0.717, 1.165) is 14.0 Å². The lowest BCUT2D eigenvalue weighted by Gasteiger charge is -2.05. The molecule has 1 N–H and O–H groups in total. The number of thiophene rings is 1. The lowest BCUT2D eigenvalue weighted by molar-refractivity contribution is 0.0462. The molecule has 0 atom stereocenters. The van der Waals surface area contributed by atoms with Gasteiger partial charge in [0.05, 0.1) is 10.9 Å². The van der Waals surface area contributed by atoms with Gasteiger partial charge in [0.1, 0.15) is 17.3 Å². The van der Waals surface area contributed by atoms with Gasteiger partial charge in [-0.25, -0.2) is 9.78 Å². The second-order valence-corrected chi connectivity index (χ2v) is 7.51. The van der Waals surface area contributed by atoms with E-state index in [9.17, 15) is 9.59 Å². The van der Waals surface area contributed by atoms with Crippen LogP contribution in [0.2, 0.25) is 0 Å². The fourth-order valence-electron chi connectivity index (χ4n) is 2.20. The van der Waals surface area contributed by atoms with Gasteiger partial charge in [-0.1, -0.05) is 6.07 Å². The number of rotatable bonds is 3. The Hall–Kier alpha value is -1.74. The third-order valence-electron chi connectivity index (χ3n) is 3.49. The summed E-state index contributed by atoms with van der Waals surface area (Å²) in [5, 5.41) is 0.611. The third-order valence-corrected chi connectivity index (χ3v) is 5.26. The molecule has 0 amide bonds. The SMILES string of the molecule is Cc1sc2nc(COC(=O)c3cccc(I)c3)[nH]c(=O)c2c1C. The summed E-state index contributed by atoms with van der Waals surface area (Å²) in [6.45, 7) is 3.80. The highest BCUT2D eigenvalue weighted by atomic mass is 127. The van der Waals surface area contributed by atoms with Crippen LogP contribution in [0.1, 0.15) is 26.6 Å². The van der Waals surface area contributed by atoms with E-state index in [0.29, 0.717) is 21.6 Å². The Morgan fingerprint density at radius 1 is 1.39 bits per heavy atom. The van der Waals surface area contributed by atoms with Crippen molar-refractivity contribution in [1.29, 1.82) is 0 Å². The van der Waals surface area contributed by atoms with Crippen LogP contribution in [-0.4, -0.2) is 15.9 Å². The minimum atomic E-state index is -0.440. The molecule has 118 valence electrons. The maximum atomic E-state index is 12.2. The van der Waals surface area contributed by atoms with Crippen LogP contribution >= 0.6 is 33.9 Å². The highest BCUT2D eigenvalue weighted by molar-refractivity contribution is 14.1. The minimum Gasteiger partial charge on any atom is -0.454 e. The molecule has 0 unspecified atom stereocenters. The van der Waals surface area contributed by atoms with E-state index >= 15 is 0 Å². The summed E-state index contributed by atoms with van der Waals surface area (Å²) in [6.07, 6.45) is 0. The Labute approximate surface area is 149 Å². The van der Waals surface area contributed by atoms with Gasteiger partial charge in [-0.3, -0.25) is 4.79 Å². The number of hydrogen-bond donors (Lipinski definition) is 1. The van der Waals surface area contributed by atoms with Crippen molar-refractivity contribution in [2.45, 2.75) is 20.5 Å². The molecule has 0 bridgehead atoms. The van der Waals surface area contributed by atoms with Gasteiger partial charge >= 0.3 is 5.97 Å². The summed E-state index contributed by atoms with van der Waals surface area (Å²) >= 11 is 3.60. The Morgan fingerprint density at radius 2 is 2.17 bits per heavy atom. The van der Waals surface area contributed by atoms with Crippen LogP contribution in [0, 0.1) is 17.4 Å². The number of carbonyl (C=O) groups excluding carboxylic acids is 1. The number of halogens is 1. The lowest BCUT2D eigenvalue weighted by atomic mass is 10.2. The van der Waals surface area contributed by atoms with Gasteiger partial charge in [0, 0.05) is 8.45 Å². The number of nitrogens with zero attached hydrogens (tertiary/aromatic N) is 1. The summed E-state index contributed by atoms with van der Waals surface area (Å²) < 4.78 is 6.19. The standard InChI is InChI=1S/C16H13IN2O3S/c1-8-9(2)23-15-13(8)14(20)18-12(19-15)7-22-16(21)10-4-3-5-11(17)6-10/h3-6H,7H2,1-2H3,(H,18,19,20). The topological polar surface area (TPSA) is 72.0 Å². The average molecular weight is 440 g/mol. The lowest BCUT2D eigenvalue weighted by Crippen LogP contribution is -2.14. The van der Waals surface area contributed by atoms with Crippen LogP contribution in [0.5, 0.6) is 0 Å². The number of fused-ring (bicyclic) bond motifs is 1. The molecule has 7 heteroatoms. The van der Waals surface area contributed by atoms with E-state index in [2.05, 4.69) is 32.6 Å². The first-order valence-corrected chi connectivity index (χ1v) is 8.77. The predicted molar refractivity (Wildman–Crippen MR) is 98.0 cm³/mol. The molecule has 0 saturated heterocycles. The molecule has 0 aliphatic rings. The van der Waals surface area contributed by atoms with Crippen molar-refractivity contribution < 1.29 is 9.53 Å². The van der Waals surface area contributed by atoms with E-state index in [1.807, 2.05) is 19.9 Å². The van der Waals surface area contributed by atoms with Crippen LogP contribution in [-0.2, 0) is 11.3 Å². The largest absolute Gasteiger partial charge is 0.454 e. The van der Waals surface area contributed by atoms with Crippen LogP contribution in [0.4, 0.5) is 0 Å². The predicted octanol–water partition coefficient (Wildman–Crippen LogP) is 3.56. The van der Waals surface area contributed by atoms with E-state index < -0.39 is 5.97 Å². The Balaban J connectivity index is 1.82. The number of H-pyrrole nitrogens is 1. The van der Waals surface area contributed by atoms with Gasteiger partial charge in [0.15, 0.2) is 0 Å². The number of aromatic amines is 1. The van der Waals surface area contributed by atoms with E-state index in [1.54, 1.807) is 18.2 Å². The number of carbonyl (C=O) groups is 1. The van der Waals surface area contributed by atoms with Crippen LogP contribution in [0.25, 0.3) is 10.2 Å². The molecular weight excluding hydrogens is 427 g/mol. The Morgan fingerprint density at radius 3 is 2.91 bits per heavy atom. The monoisotopic (exact) mass is 440 g/mol. The molecule has 0 aliphatic heterocycles. The normalized spacial score (nSPS) is 10.9. The van der Waals surface area contributed by atoms with E-state index in [-0.39, 0.29) is 12.2 Å². The number of ether oxygens (including phenoxy) is 1. The number of esters is 1. The first-order valence-electron chi connectivity index (χ1n) is 6.87. The van der Waals surface area contributed by atoms with Gasteiger partial charge < -0.3 is 9.72 Å². The summed E-state index contributed by atoms with van der Waals surface area (Å²) in [4.78, 5) is 33.0. The first-order chi connectivity index (χ1) is 11.0. The van der Waals surface area contributed by atoms with Crippen molar-refractivity contribution in [3.63, 3.8) is 0 Å². The number of benzene rings is 1. The van der Waals surface area contributed by atoms with Crippen LogP contribution in [0.3, 0.4) is 0 Å². The molecule has 5 nitrogen and oxygen atoms in total. The molecule has 2 heterocycles. The number of nitrogens with one attached hydrogen (secondary N) is 1. The molecular formula is C16H13IN2O3S. The number of hydrogen-bond acceptors (Lipinski definition) is 5. The molecule has 0 saturated carbocycles. The van der Waals surface area contributed by atoms with Gasteiger partial charge in [0.2, 0.25) is 0 Å². The maximum Gasteiger partial charge on any atom is 0.338 e. The molecule has 0 radical (unpaired) electrons. The average Bonchev–Trinajstić information content (AvgIpc) is 2.80. The number of aryl methyl sites for hydroxylation is 2. The van der Waals surface area contributed by atoms with E-state index in [4.69, 9.17) is 4.74 Å². The quantitative estimate of drug-likeness (QED) is 0.500. The molecule has 3 aromatic rings. The van der Waals surface area contributed by atoms with Gasteiger partial charge in [-0.05, 0) is 60.2 Å². The zero-order chi connectivity index (χ0) is 16.6. The molecule has 2 aromatic heterocycles. The van der Waals surface area contributed by atoms with Crippen molar-refractivity contribution in [2.75, 3.05) is 0 Å². The van der Waals surface area contributed by atoms with Gasteiger partial charge in [-0.15, -0.1) is 11.3 Å². The number of aromatic nitrogens is 2. The first kappa shape index (κ1) is 16.1.